The van der Waals surface area contributed by atoms with Crippen LogP contribution in [-0.4, -0.2) is 48.8 Å². The minimum absolute atomic E-state index is 0.0477. The number of ether oxygens (including phenoxy) is 1. The maximum absolute atomic E-state index is 13.3. The monoisotopic (exact) mass is 455 g/mol. The van der Waals surface area contributed by atoms with Crippen molar-refractivity contribution in [1.82, 2.24) is 15.5 Å². The molecule has 2 aromatic carbocycles. The highest BCUT2D eigenvalue weighted by Gasteiger charge is 2.23. The molecule has 0 aliphatic carbocycles. The van der Waals surface area contributed by atoms with Gasteiger partial charge in [0, 0.05) is 24.7 Å². The van der Waals surface area contributed by atoms with E-state index >= 15 is 0 Å². The zero-order chi connectivity index (χ0) is 20.8. The quantitative estimate of drug-likeness (QED) is 0.671. The summed E-state index contributed by atoms with van der Waals surface area (Å²) in [5, 5.41) is 6.58. The van der Waals surface area contributed by atoms with Crippen LogP contribution in [0.15, 0.2) is 42.5 Å². The van der Waals surface area contributed by atoms with Crippen LogP contribution in [0.1, 0.15) is 22.0 Å². The Labute approximate surface area is 184 Å². The molecule has 0 aromatic heterocycles. The smallest absolute Gasteiger partial charge is 0.258 e. The summed E-state index contributed by atoms with van der Waals surface area (Å²) in [5.74, 6) is -0.709. The van der Waals surface area contributed by atoms with E-state index in [1.54, 1.807) is 18.2 Å². The molecule has 29 heavy (non-hydrogen) atoms. The molecule has 5 nitrogen and oxygen atoms in total. The molecular formula is C20H20Cl2FN3O2S. The Hall–Kier alpha value is -1.77. The predicted octanol–water partition coefficient (Wildman–Crippen LogP) is 3.81. The Kier molecular flexibility index (Phi) is 7.80. The van der Waals surface area contributed by atoms with Crippen molar-refractivity contribution in [1.29, 1.82) is 0 Å². The van der Waals surface area contributed by atoms with Crippen molar-refractivity contribution < 1.29 is 13.9 Å². The second-order valence-electron chi connectivity index (χ2n) is 6.50. The van der Waals surface area contributed by atoms with Gasteiger partial charge in [-0.05, 0) is 48.1 Å². The van der Waals surface area contributed by atoms with Gasteiger partial charge in [-0.25, -0.2) is 4.39 Å². The van der Waals surface area contributed by atoms with E-state index < -0.39 is 5.91 Å². The van der Waals surface area contributed by atoms with Crippen LogP contribution < -0.4 is 10.6 Å². The van der Waals surface area contributed by atoms with Crippen LogP contribution in [0.5, 0.6) is 0 Å². The van der Waals surface area contributed by atoms with Crippen molar-refractivity contribution in [2.75, 3.05) is 32.8 Å². The molecule has 1 aliphatic heterocycles. The molecule has 0 saturated carbocycles. The molecule has 1 amide bonds. The first-order valence-corrected chi connectivity index (χ1v) is 10.2. The lowest BCUT2D eigenvalue weighted by Crippen LogP contribution is -2.46. The highest BCUT2D eigenvalue weighted by molar-refractivity contribution is 7.80. The minimum atomic E-state index is -0.422. The van der Waals surface area contributed by atoms with E-state index in [0.717, 1.165) is 18.7 Å². The summed E-state index contributed by atoms with van der Waals surface area (Å²) in [4.78, 5) is 14.6. The van der Waals surface area contributed by atoms with Gasteiger partial charge in [0.15, 0.2) is 5.11 Å². The number of rotatable bonds is 5. The average Bonchev–Trinajstić information content (AvgIpc) is 2.70. The van der Waals surface area contributed by atoms with Crippen LogP contribution >= 0.6 is 35.4 Å². The predicted molar refractivity (Wildman–Crippen MR) is 116 cm³/mol. The SMILES string of the molecule is O=C(NC(=S)NC[C@@H](c1ccc(F)cc1)N1CCOCC1)c1ccc(Cl)cc1Cl. The average molecular weight is 456 g/mol. The Bertz CT molecular complexity index is 877. The van der Waals surface area contributed by atoms with Crippen LogP contribution in [0.4, 0.5) is 4.39 Å². The number of hydrogen-bond acceptors (Lipinski definition) is 4. The fraction of sp³-hybridized carbons (Fsp3) is 0.300. The summed E-state index contributed by atoms with van der Waals surface area (Å²) in [5.41, 5.74) is 1.24. The number of carbonyl (C=O) groups is 1. The Morgan fingerprint density at radius 1 is 1.17 bits per heavy atom. The second kappa shape index (κ2) is 10.3. The van der Waals surface area contributed by atoms with Gasteiger partial charge in [-0.15, -0.1) is 0 Å². The van der Waals surface area contributed by atoms with Gasteiger partial charge >= 0.3 is 0 Å². The molecule has 0 spiro atoms. The lowest BCUT2D eigenvalue weighted by atomic mass is 10.0. The molecule has 154 valence electrons. The van der Waals surface area contributed by atoms with Crippen molar-refractivity contribution in [3.8, 4) is 0 Å². The van der Waals surface area contributed by atoms with Crippen LogP contribution in [0.25, 0.3) is 0 Å². The van der Waals surface area contributed by atoms with Gasteiger partial charge < -0.3 is 10.1 Å². The molecule has 2 aromatic rings. The first-order chi connectivity index (χ1) is 13.9. The fourth-order valence-corrected chi connectivity index (χ4v) is 3.78. The van der Waals surface area contributed by atoms with E-state index in [1.807, 2.05) is 0 Å². The third kappa shape index (κ3) is 6.10. The number of carbonyl (C=O) groups excluding carboxylic acids is 1. The number of halogens is 3. The van der Waals surface area contributed by atoms with Crippen LogP contribution in [0, 0.1) is 5.82 Å². The number of thiocarbonyl (C=S) groups is 1. The number of nitrogens with zero attached hydrogens (tertiary/aromatic N) is 1. The van der Waals surface area contributed by atoms with Crippen molar-refractivity contribution in [3.05, 3.63) is 69.5 Å². The summed E-state index contributed by atoms with van der Waals surface area (Å²) in [6, 6.07) is 11.0. The Morgan fingerprint density at radius 2 is 1.86 bits per heavy atom. The largest absolute Gasteiger partial charge is 0.379 e. The van der Waals surface area contributed by atoms with Crippen LogP contribution in [0.3, 0.4) is 0 Å². The number of benzene rings is 2. The topological polar surface area (TPSA) is 53.6 Å². The molecule has 1 saturated heterocycles. The van der Waals surface area contributed by atoms with E-state index in [1.165, 1.54) is 24.3 Å². The summed E-state index contributed by atoms with van der Waals surface area (Å²) in [6.07, 6.45) is 0. The molecule has 0 unspecified atom stereocenters. The summed E-state index contributed by atoms with van der Waals surface area (Å²) >= 11 is 17.2. The minimum Gasteiger partial charge on any atom is -0.379 e. The van der Waals surface area contributed by atoms with Crippen LogP contribution in [-0.2, 0) is 4.74 Å². The number of nitrogens with one attached hydrogen (secondary N) is 2. The highest BCUT2D eigenvalue weighted by atomic mass is 35.5. The molecule has 1 atom stereocenters. The maximum atomic E-state index is 13.3. The maximum Gasteiger partial charge on any atom is 0.258 e. The summed E-state index contributed by atoms with van der Waals surface area (Å²) in [7, 11) is 0. The highest BCUT2D eigenvalue weighted by Crippen LogP contribution is 2.22. The van der Waals surface area contributed by atoms with Crippen molar-refractivity contribution >= 4 is 46.4 Å². The van der Waals surface area contributed by atoms with Gasteiger partial charge in [0.05, 0.1) is 29.8 Å². The van der Waals surface area contributed by atoms with E-state index in [9.17, 15) is 9.18 Å². The van der Waals surface area contributed by atoms with E-state index in [0.29, 0.717) is 24.8 Å². The van der Waals surface area contributed by atoms with E-state index in [-0.39, 0.29) is 27.6 Å². The van der Waals surface area contributed by atoms with Gasteiger partial charge in [-0.3, -0.25) is 15.0 Å². The second-order valence-corrected chi connectivity index (χ2v) is 7.76. The normalized spacial score (nSPS) is 15.6. The molecular weight excluding hydrogens is 436 g/mol. The molecule has 3 rings (SSSR count). The zero-order valence-electron chi connectivity index (χ0n) is 15.5. The number of morpholine rings is 1. The van der Waals surface area contributed by atoms with Crippen LogP contribution in [0.2, 0.25) is 10.0 Å². The summed E-state index contributed by atoms with van der Waals surface area (Å²) in [6.45, 7) is 3.22. The Balaban J connectivity index is 1.64. The molecule has 9 heteroatoms. The molecule has 2 N–H and O–H groups in total. The Morgan fingerprint density at radius 3 is 2.52 bits per heavy atom. The van der Waals surface area contributed by atoms with Gasteiger partial charge in [0.25, 0.3) is 5.91 Å². The number of amides is 1. The van der Waals surface area contributed by atoms with Crippen molar-refractivity contribution in [3.63, 3.8) is 0 Å². The van der Waals surface area contributed by atoms with Gasteiger partial charge in [-0.1, -0.05) is 35.3 Å². The number of hydrogen-bond donors (Lipinski definition) is 2. The molecule has 1 aliphatic rings. The van der Waals surface area contributed by atoms with Crippen molar-refractivity contribution in [2.45, 2.75) is 6.04 Å². The summed E-state index contributed by atoms with van der Waals surface area (Å²) < 4.78 is 18.8. The van der Waals surface area contributed by atoms with Gasteiger partial charge in [-0.2, -0.15) is 0 Å². The first kappa shape index (κ1) is 21.9. The standard InChI is InChI=1S/C20H20Cl2FN3O2S/c21-14-3-6-16(17(22)11-14)19(27)25-20(29)24-12-18(26-7-9-28-10-8-26)13-1-4-15(23)5-2-13/h1-6,11,18H,7-10,12H2,(H2,24,25,27,29)/t18-/m0/s1. The molecule has 0 bridgehead atoms. The van der Waals surface area contributed by atoms with Gasteiger partial charge in [0.2, 0.25) is 0 Å². The van der Waals surface area contributed by atoms with E-state index in [2.05, 4.69) is 15.5 Å². The zero-order valence-corrected chi connectivity index (χ0v) is 17.8. The molecule has 1 fully saturated rings. The van der Waals surface area contributed by atoms with E-state index in [4.69, 9.17) is 40.2 Å². The fourth-order valence-electron chi connectivity index (χ4n) is 3.11. The van der Waals surface area contributed by atoms with Crippen molar-refractivity contribution in [2.24, 2.45) is 0 Å². The third-order valence-corrected chi connectivity index (χ3v) is 5.39. The van der Waals surface area contributed by atoms with Gasteiger partial charge in [0.1, 0.15) is 5.82 Å². The molecule has 1 heterocycles. The third-order valence-electron chi connectivity index (χ3n) is 4.60. The lowest BCUT2D eigenvalue weighted by molar-refractivity contribution is 0.0170. The first-order valence-electron chi connectivity index (χ1n) is 9.05. The molecule has 0 radical (unpaired) electrons. The lowest BCUT2D eigenvalue weighted by Gasteiger charge is -2.35.